The fourth-order valence-corrected chi connectivity index (χ4v) is 1.52. The first-order chi connectivity index (χ1) is 4.74. The lowest BCUT2D eigenvalue weighted by Crippen LogP contribution is -1.78. The molecule has 0 radical (unpaired) electrons. The number of benzene rings is 1. The molecule has 1 aromatic carbocycles. The van der Waals surface area contributed by atoms with Gasteiger partial charge in [-0.3, -0.25) is 0 Å². The molecule has 0 N–H and O–H groups in total. The standard InChI is InChI=1S/C7H6ClFS/c1-5-4-6(9)2-3-7(5)10-8/h2-4H,1H3. The highest BCUT2D eigenvalue weighted by Gasteiger charge is 1.97. The van der Waals surface area contributed by atoms with Gasteiger partial charge in [-0.1, -0.05) is 0 Å². The van der Waals surface area contributed by atoms with Crippen LogP contribution in [-0.2, 0) is 0 Å². The molecule has 0 aliphatic rings. The van der Waals surface area contributed by atoms with Crippen LogP contribution < -0.4 is 0 Å². The Bertz CT molecular complexity index is 237. The van der Waals surface area contributed by atoms with Crippen molar-refractivity contribution in [2.45, 2.75) is 11.8 Å². The van der Waals surface area contributed by atoms with Crippen LogP contribution in [0, 0.1) is 12.7 Å². The predicted molar refractivity (Wildman–Crippen MR) is 42.8 cm³/mol. The quantitative estimate of drug-likeness (QED) is 0.632. The van der Waals surface area contributed by atoms with Gasteiger partial charge in [0.05, 0.1) is 0 Å². The first-order valence-electron chi connectivity index (χ1n) is 2.79. The molecule has 0 saturated carbocycles. The second-order valence-electron chi connectivity index (χ2n) is 1.99. The van der Waals surface area contributed by atoms with Crippen molar-refractivity contribution in [1.29, 1.82) is 0 Å². The minimum absolute atomic E-state index is 0.216. The summed E-state index contributed by atoms with van der Waals surface area (Å²) in [6.07, 6.45) is 0. The zero-order valence-corrected chi connectivity index (χ0v) is 6.97. The molecule has 3 heteroatoms. The maximum atomic E-state index is 12.4. The van der Waals surface area contributed by atoms with Gasteiger partial charge < -0.3 is 0 Å². The smallest absolute Gasteiger partial charge is 0.123 e. The fourth-order valence-electron chi connectivity index (χ4n) is 0.699. The third kappa shape index (κ3) is 1.64. The number of hydrogen-bond acceptors (Lipinski definition) is 1. The van der Waals surface area contributed by atoms with E-state index in [2.05, 4.69) is 0 Å². The Balaban J connectivity index is 3.07. The van der Waals surface area contributed by atoms with Crippen molar-refractivity contribution in [2.75, 3.05) is 0 Å². The van der Waals surface area contributed by atoms with Crippen LogP contribution in [0.2, 0.25) is 0 Å². The highest BCUT2D eigenvalue weighted by Crippen LogP contribution is 2.25. The van der Waals surface area contributed by atoms with Gasteiger partial charge in [0.25, 0.3) is 0 Å². The second kappa shape index (κ2) is 3.26. The Morgan fingerprint density at radius 2 is 2.20 bits per heavy atom. The fraction of sp³-hybridized carbons (Fsp3) is 0.143. The average molecular weight is 177 g/mol. The number of rotatable bonds is 1. The highest BCUT2D eigenvalue weighted by molar-refractivity contribution is 8.21. The highest BCUT2D eigenvalue weighted by atomic mass is 35.7. The third-order valence-electron chi connectivity index (χ3n) is 1.22. The molecule has 0 bridgehead atoms. The van der Waals surface area contributed by atoms with Crippen molar-refractivity contribution in [3.63, 3.8) is 0 Å². The van der Waals surface area contributed by atoms with Crippen LogP contribution in [0.3, 0.4) is 0 Å². The molecule has 0 atom stereocenters. The van der Waals surface area contributed by atoms with Crippen molar-refractivity contribution >= 4 is 21.7 Å². The molecule has 0 unspecified atom stereocenters. The average Bonchev–Trinajstić information content (AvgIpc) is 1.88. The third-order valence-corrected chi connectivity index (χ3v) is 2.34. The Labute approximate surface area is 67.9 Å². The Morgan fingerprint density at radius 1 is 1.50 bits per heavy atom. The van der Waals surface area contributed by atoms with E-state index in [9.17, 15) is 4.39 Å². The molecule has 1 rings (SSSR count). The summed E-state index contributed by atoms with van der Waals surface area (Å²) in [5, 5.41) is 0. The summed E-state index contributed by atoms with van der Waals surface area (Å²) in [7, 11) is 6.59. The van der Waals surface area contributed by atoms with Crippen molar-refractivity contribution in [3.8, 4) is 0 Å². The van der Waals surface area contributed by atoms with E-state index < -0.39 is 0 Å². The molecular weight excluding hydrogens is 171 g/mol. The van der Waals surface area contributed by atoms with Crippen molar-refractivity contribution in [2.24, 2.45) is 0 Å². The maximum Gasteiger partial charge on any atom is 0.123 e. The molecule has 0 nitrogen and oxygen atoms in total. The Hall–Kier alpha value is -0.210. The van der Waals surface area contributed by atoms with Gasteiger partial charge in [-0.25, -0.2) is 4.39 Å². The van der Waals surface area contributed by atoms with E-state index in [1.165, 1.54) is 12.1 Å². The van der Waals surface area contributed by atoms with Gasteiger partial charge in [0.2, 0.25) is 0 Å². The molecule has 0 heterocycles. The van der Waals surface area contributed by atoms with E-state index in [1.54, 1.807) is 6.07 Å². The van der Waals surface area contributed by atoms with Gasteiger partial charge in [-0.05, 0) is 52.3 Å². The molecular formula is C7H6ClFS. The normalized spacial score (nSPS) is 9.90. The van der Waals surface area contributed by atoms with Crippen molar-refractivity contribution < 1.29 is 4.39 Å². The molecule has 0 amide bonds. The van der Waals surface area contributed by atoms with Gasteiger partial charge >= 0.3 is 0 Å². The summed E-state index contributed by atoms with van der Waals surface area (Å²) in [4.78, 5) is 0.906. The zero-order chi connectivity index (χ0) is 7.56. The van der Waals surface area contributed by atoms with E-state index in [4.69, 9.17) is 10.7 Å². The minimum Gasteiger partial charge on any atom is -0.207 e. The first-order valence-corrected chi connectivity index (χ1v) is 4.43. The summed E-state index contributed by atoms with van der Waals surface area (Å²) in [5.74, 6) is -0.216. The molecule has 10 heavy (non-hydrogen) atoms. The lowest BCUT2D eigenvalue weighted by atomic mass is 10.2. The first kappa shape index (κ1) is 7.89. The Kier molecular flexibility index (Phi) is 2.57. The van der Waals surface area contributed by atoms with Crippen LogP contribution in [0.5, 0.6) is 0 Å². The van der Waals surface area contributed by atoms with Crippen LogP contribution in [-0.4, -0.2) is 0 Å². The van der Waals surface area contributed by atoms with Crippen LogP contribution >= 0.6 is 21.7 Å². The molecule has 0 fully saturated rings. The lowest BCUT2D eigenvalue weighted by molar-refractivity contribution is 0.625. The number of aryl methyl sites for hydroxylation is 1. The van der Waals surface area contributed by atoms with Crippen LogP contribution in [0.15, 0.2) is 23.1 Å². The van der Waals surface area contributed by atoms with Gasteiger partial charge in [-0.2, -0.15) is 0 Å². The van der Waals surface area contributed by atoms with Crippen LogP contribution in [0.4, 0.5) is 4.39 Å². The SMILES string of the molecule is Cc1cc(F)ccc1SCl. The van der Waals surface area contributed by atoms with Crippen molar-refractivity contribution in [1.82, 2.24) is 0 Å². The van der Waals surface area contributed by atoms with E-state index in [1.807, 2.05) is 6.92 Å². The largest absolute Gasteiger partial charge is 0.207 e. The van der Waals surface area contributed by atoms with Crippen LogP contribution in [0.25, 0.3) is 0 Å². The second-order valence-corrected chi connectivity index (χ2v) is 3.04. The molecule has 0 aliphatic heterocycles. The lowest BCUT2D eigenvalue weighted by Gasteiger charge is -1.98. The summed E-state index contributed by atoms with van der Waals surface area (Å²) in [6, 6.07) is 4.53. The van der Waals surface area contributed by atoms with E-state index in [-0.39, 0.29) is 5.82 Å². The van der Waals surface area contributed by atoms with Crippen LogP contribution in [0.1, 0.15) is 5.56 Å². The molecule has 0 aromatic heterocycles. The molecule has 54 valence electrons. The summed E-state index contributed by atoms with van der Waals surface area (Å²) < 4.78 is 12.4. The number of hydrogen-bond donors (Lipinski definition) is 0. The summed E-state index contributed by atoms with van der Waals surface area (Å²) in [6.45, 7) is 1.83. The topological polar surface area (TPSA) is 0 Å². The predicted octanol–water partition coefficient (Wildman–Crippen LogP) is 3.38. The van der Waals surface area contributed by atoms with Gasteiger partial charge in [-0.15, -0.1) is 0 Å². The van der Waals surface area contributed by atoms with E-state index in [0.717, 1.165) is 21.4 Å². The summed E-state index contributed by atoms with van der Waals surface area (Å²) >= 11 is 0. The van der Waals surface area contributed by atoms with Gasteiger partial charge in [0, 0.05) is 4.90 Å². The number of halogens is 2. The van der Waals surface area contributed by atoms with Gasteiger partial charge in [0.15, 0.2) is 0 Å². The molecule has 1 aromatic rings. The molecule has 0 aliphatic carbocycles. The molecule has 0 saturated heterocycles. The Morgan fingerprint density at radius 3 is 2.70 bits per heavy atom. The summed E-state index contributed by atoms with van der Waals surface area (Å²) in [5.41, 5.74) is 0.875. The van der Waals surface area contributed by atoms with Gasteiger partial charge in [0.1, 0.15) is 5.82 Å². The van der Waals surface area contributed by atoms with E-state index in [0.29, 0.717) is 0 Å². The molecule has 0 spiro atoms. The zero-order valence-electron chi connectivity index (χ0n) is 5.40. The maximum absolute atomic E-state index is 12.4. The van der Waals surface area contributed by atoms with E-state index >= 15 is 0 Å². The van der Waals surface area contributed by atoms with Crippen molar-refractivity contribution in [3.05, 3.63) is 29.6 Å². The minimum atomic E-state index is -0.216. The monoisotopic (exact) mass is 176 g/mol.